The number of aliphatic hydroxyl groups is 1. The van der Waals surface area contributed by atoms with E-state index in [1.54, 1.807) is 30.2 Å². The SMILES string of the molecule is C[C@H](O)CCN(C)C(=O)NCC1(c2cccs2)CCCC1. The molecular formula is C16H26N2O2S. The zero-order chi connectivity index (χ0) is 15.3. The van der Waals surface area contributed by atoms with Crippen molar-refractivity contribution in [2.45, 2.75) is 50.5 Å². The number of hydrogen-bond acceptors (Lipinski definition) is 3. The van der Waals surface area contributed by atoms with E-state index in [0.717, 1.165) is 12.8 Å². The highest BCUT2D eigenvalue weighted by Crippen LogP contribution is 2.42. The van der Waals surface area contributed by atoms with Crippen LogP contribution in [0.3, 0.4) is 0 Å². The Balaban J connectivity index is 1.89. The summed E-state index contributed by atoms with van der Waals surface area (Å²) in [5.74, 6) is 0. The second-order valence-electron chi connectivity index (χ2n) is 6.18. The molecule has 2 N–H and O–H groups in total. The van der Waals surface area contributed by atoms with Crippen LogP contribution in [-0.2, 0) is 5.41 Å². The van der Waals surface area contributed by atoms with Crippen molar-refractivity contribution in [1.29, 1.82) is 0 Å². The number of rotatable bonds is 6. The molecule has 0 spiro atoms. The number of amides is 2. The van der Waals surface area contributed by atoms with E-state index in [4.69, 9.17) is 0 Å². The molecule has 2 rings (SSSR count). The van der Waals surface area contributed by atoms with Gasteiger partial charge in [0.05, 0.1) is 6.10 Å². The molecule has 1 fully saturated rings. The van der Waals surface area contributed by atoms with Crippen molar-refractivity contribution >= 4 is 17.4 Å². The number of carbonyl (C=O) groups is 1. The first-order chi connectivity index (χ1) is 10.0. The Morgan fingerprint density at radius 2 is 2.24 bits per heavy atom. The first-order valence-electron chi connectivity index (χ1n) is 7.74. The second kappa shape index (κ2) is 7.27. The standard InChI is InChI=1S/C16H26N2O2S/c1-13(19)7-10-18(2)15(20)17-12-16(8-3-4-9-16)14-6-5-11-21-14/h5-6,11,13,19H,3-4,7-10,12H2,1-2H3,(H,17,20)/t13-/m0/s1. The quantitative estimate of drug-likeness (QED) is 0.849. The van der Waals surface area contributed by atoms with Crippen molar-refractivity contribution in [3.63, 3.8) is 0 Å². The summed E-state index contributed by atoms with van der Waals surface area (Å²) < 4.78 is 0. The molecule has 0 bridgehead atoms. The number of nitrogens with zero attached hydrogens (tertiary/aromatic N) is 1. The summed E-state index contributed by atoms with van der Waals surface area (Å²) in [5.41, 5.74) is 0.134. The third kappa shape index (κ3) is 4.20. The monoisotopic (exact) mass is 310 g/mol. The fourth-order valence-electron chi connectivity index (χ4n) is 3.00. The Bertz CT molecular complexity index is 439. The van der Waals surface area contributed by atoms with Gasteiger partial charge in [-0.2, -0.15) is 0 Å². The minimum atomic E-state index is -0.368. The molecule has 118 valence electrons. The van der Waals surface area contributed by atoms with Gasteiger partial charge in [-0.05, 0) is 37.6 Å². The highest BCUT2D eigenvalue weighted by molar-refractivity contribution is 7.10. The Labute approximate surface area is 131 Å². The summed E-state index contributed by atoms with van der Waals surface area (Å²) in [4.78, 5) is 15.2. The third-order valence-electron chi connectivity index (χ3n) is 4.41. The van der Waals surface area contributed by atoms with Gasteiger partial charge in [-0.3, -0.25) is 0 Å². The van der Waals surface area contributed by atoms with E-state index < -0.39 is 0 Å². The average molecular weight is 310 g/mol. The molecule has 0 aromatic carbocycles. The van der Waals surface area contributed by atoms with Crippen LogP contribution >= 0.6 is 11.3 Å². The molecule has 0 saturated heterocycles. The van der Waals surface area contributed by atoms with Gasteiger partial charge in [-0.1, -0.05) is 18.9 Å². The molecule has 0 radical (unpaired) electrons. The van der Waals surface area contributed by atoms with Crippen molar-refractivity contribution in [2.75, 3.05) is 20.1 Å². The van der Waals surface area contributed by atoms with Gasteiger partial charge in [0.15, 0.2) is 0 Å². The predicted octanol–water partition coefficient (Wildman–Crippen LogP) is 2.97. The predicted molar refractivity (Wildman–Crippen MR) is 86.8 cm³/mol. The Morgan fingerprint density at radius 1 is 1.52 bits per heavy atom. The van der Waals surface area contributed by atoms with Crippen molar-refractivity contribution in [3.8, 4) is 0 Å². The average Bonchev–Trinajstić information content (AvgIpc) is 3.13. The van der Waals surface area contributed by atoms with Crippen LogP contribution < -0.4 is 5.32 Å². The lowest BCUT2D eigenvalue weighted by molar-refractivity contribution is 0.162. The van der Waals surface area contributed by atoms with Crippen molar-refractivity contribution in [3.05, 3.63) is 22.4 Å². The highest BCUT2D eigenvalue weighted by atomic mass is 32.1. The zero-order valence-corrected chi connectivity index (χ0v) is 13.8. The van der Waals surface area contributed by atoms with Crippen LogP contribution in [-0.4, -0.2) is 42.3 Å². The van der Waals surface area contributed by atoms with E-state index in [2.05, 4.69) is 22.8 Å². The van der Waals surface area contributed by atoms with Gasteiger partial charge >= 0.3 is 6.03 Å². The number of aliphatic hydroxyl groups excluding tert-OH is 1. The normalized spacial score (nSPS) is 18.4. The summed E-state index contributed by atoms with van der Waals surface area (Å²) in [6.07, 6.45) is 5.04. The van der Waals surface area contributed by atoms with Crippen molar-refractivity contribution < 1.29 is 9.90 Å². The Hall–Kier alpha value is -1.07. The molecule has 1 aliphatic rings. The second-order valence-corrected chi connectivity index (χ2v) is 7.13. The van der Waals surface area contributed by atoms with Gasteiger partial charge in [0.1, 0.15) is 0 Å². The largest absolute Gasteiger partial charge is 0.393 e. The lowest BCUT2D eigenvalue weighted by atomic mass is 9.84. The van der Waals surface area contributed by atoms with E-state index in [1.165, 1.54) is 17.7 Å². The topological polar surface area (TPSA) is 52.6 Å². The molecule has 1 aromatic heterocycles. The van der Waals surface area contributed by atoms with Crippen molar-refractivity contribution in [1.82, 2.24) is 10.2 Å². The van der Waals surface area contributed by atoms with Gasteiger partial charge in [0, 0.05) is 30.4 Å². The molecular weight excluding hydrogens is 284 g/mol. The van der Waals surface area contributed by atoms with E-state index >= 15 is 0 Å². The summed E-state index contributed by atoms with van der Waals surface area (Å²) in [5, 5.41) is 14.5. The molecule has 1 aromatic rings. The van der Waals surface area contributed by atoms with Gasteiger partial charge in [-0.25, -0.2) is 4.79 Å². The minimum absolute atomic E-state index is 0.0431. The number of urea groups is 1. The first kappa shape index (κ1) is 16.3. The molecule has 0 unspecified atom stereocenters. The van der Waals surface area contributed by atoms with Gasteiger partial charge < -0.3 is 15.3 Å². The lowest BCUT2D eigenvalue weighted by Crippen LogP contribution is -2.44. The first-order valence-corrected chi connectivity index (χ1v) is 8.62. The molecule has 21 heavy (non-hydrogen) atoms. The fraction of sp³-hybridized carbons (Fsp3) is 0.688. The van der Waals surface area contributed by atoms with E-state index in [0.29, 0.717) is 19.5 Å². The molecule has 0 aliphatic heterocycles. The number of thiophene rings is 1. The number of nitrogens with one attached hydrogen (secondary N) is 1. The van der Waals surface area contributed by atoms with Crippen LogP contribution in [0.25, 0.3) is 0 Å². The van der Waals surface area contributed by atoms with Gasteiger partial charge in [-0.15, -0.1) is 11.3 Å². The number of hydrogen-bond donors (Lipinski definition) is 2. The maximum absolute atomic E-state index is 12.2. The maximum Gasteiger partial charge on any atom is 0.317 e. The maximum atomic E-state index is 12.2. The number of carbonyl (C=O) groups excluding carboxylic acids is 1. The third-order valence-corrected chi connectivity index (χ3v) is 5.53. The highest BCUT2D eigenvalue weighted by Gasteiger charge is 2.36. The molecule has 1 saturated carbocycles. The molecule has 4 nitrogen and oxygen atoms in total. The van der Waals surface area contributed by atoms with Crippen LogP contribution in [0.1, 0.15) is 43.9 Å². The van der Waals surface area contributed by atoms with E-state index in [9.17, 15) is 9.90 Å². The molecule has 1 atom stereocenters. The molecule has 1 aliphatic carbocycles. The van der Waals surface area contributed by atoms with Crippen LogP contribution in [0.15, 0.2) is 17.5 Å². The lowest BCUT2D eigenvalue weighted by Gasteiger charge is -2.29. The van der Waals surface area contributed by atoms with Crippen LogP contribution in [0.2, 0.25) is 0 Å². The fourth-order valence-corrected chi connectivity index (χ4v) is 3.99. The zero-order valence-electron chi connectivity index (χ0n) is 13.0. The summed E-state index contributed by atoms with van der Waals surface area (Å²) >= 11 is 1.80. The smallest absolute Gasteiger partial charge is 0.317 e. The van der Waals surface area contributed by atoms with Gasteiger partial charge in [0.25, 0.3) is 0 Å². The Kier molecular flexibility index (Phi) is 5.65. The minimum Gasteiger partial charge on any atom is -0.393 e. The summed E-state index contributed by atoms with van der Waals surface area (Å²) in [6.45, 7) is 3.04. The molecule has 2 amide bonds. The summed E-state index contributed by atoms with van der Waals surface area (Å²) in [7, 11) is 1.78. The Morgan fingerprint density at radius 3 is 2.81 bits per heavy atom. The molecule has 5 heteroatoms. The van der Waals surface area contributed by atoms with Crippen LogP contribution in [0, 0.1) is 0 Å². The van der Waals surface area contributed by atoms with E-state index in [-0.39, 0.29) is 17.6 Å². The van der Waals surface area contributed by atoms with Crippen LogP contribution in [0.5, 0.6) is 0 Å². The van der Waals surface area contributed by atoms with E-state index in [1.807, 2.05) is 0 Å². The summed E-state index contributed by atoms with van der Waals surface area (Å²) in [6, 6.07) is 4.24. The van der Waals surface area contributed by atoms with Crippen LogP contribution in [0.4, 0.5) is 4.79 Å². The van der Waals surface area contributed by atoms with Crippen molar-refractivity contribution in [2.24, 2.45) is 0 Å². The van der Waals surface area contributed by atoms with Gasteiger partial charge in [0.2, 0.25) is 0 Å². The molecule has 1 heterocycles.